The van der Waals surface area contributed by atoms with Crippen LogP contribution in [0, 0.1) is 0 Å². The monoisotopic (exact) mass is 395 g/mol. The van der Waals surface area contributed by atoms with Crippen LogP contribution >= 0.6 is 11.6 Å². The number of carbonyl (C=O) groups is 2. The van der Waals surface area contributed by atoms with Crippen molar-refractivity contribution < 1.29 is 19.4 Å². The third kappa shape index (κ3) is 5.34. The summed E-state index contributed by atoms with van der Waals surface area (Å²) in [5, 5.41) is 9.26. The number of allylic oxidation sites excluding steroid dienone is 1. The standard InChI is InChI=1S/C22H18ClNO4/c23-19-8-6-17(7-9-19)22(27)18-10-12-24(14-18)11-2-4-16-3-1-5-20(13-16)28-15-21(25)26/h1-10,12-14H,11,15H2,(H,25,26)/b4-2+. The van der Waals surface area contributed by atoms with Crippen LogP contribution in [0.3, 0.4) is 0 Å². The zero-order valence-corrected chi connectivity index (χ0v) is 15.7. The molecule has 0 amide bonds. The summed E-state index contributed by atoms with van der Waals surface area (Å²) in [5.74, 6) is -0.568. The molecule has 0 aliphatic rings. The second-order valence-corrected chi connectivity index (χ2v) is 6.53. The predicted molar refractivity (Wildman–Crippen MR) is 108 cm³/mol. The zero-order valence-electron chi connectivity index (χ0n) is 14.9. The van der Waals surface area contributed by atoms with Crippen molar-refractivity contribution in [1.82, 2.24) is 4.57 Å². The molecule has 1 aromatic heterocycles. The molecule has 0 bridgehead atoms. The van der Waals surface area contributed by atoms with E-state index >= 15 is 0 Å². The van der Waals surface area contributed by atoms with E-state index in [0.717, 1.165) is 5.56 Å². The van der Waals surface area contributed by atoms with Gasteiger partial charge >= 0.3 is 5.97 Å². The third-order valence-electron chi connectivity index (χ3n) is 3.97. The minimum atomic E-state index is -1.02. The Balaban J connectivity index is 1.61. The Kier molecular flexibility index (Phi) is 6.29. The zero-order chi connectivity index (χ0) is 19.9. The molecule has 6 heteroatoms. The van der Waals surface area contributed by atoms with Crippen LogP contribution < -0.4 is 4.74 Å². The Bertz CT molecular complexity index is 1010. The van der Waals surface area contributed by atoms with Crippen LogP contribution in [-0.4, -0.2) is 28.0 Å². The normalized spacial score (nSPS) is 10.9. The second-order valence-electron chi connectivity index (χ2n) is 6.09. The van der Waals surface area contributed by atoms with Crippen molar-refractivity contribution in [1.29, 1.82) is 0 Å². The number of aromatic nitrogens is 1. The van der Waals surface area contributed by atoms with E-state index in [1.807, 2.05) is 29.0 Å². The van der Waals surface area contributed by atoms with Gasteiger partial charge in [0.15, 0.2) is 12.4 Å². The number of ketones is 1. The van der Waals surface area contributed by atoms with Gasteiger partial charge in [-0.05, 0) is 48.0 Å². The van der Waals surface area contributed by atoms with E-state index in [1.54, 1.807) is 54.7 Å². The molecule has 3 rings (SSSR count). The van der Waals surface area contributed by atoms with Crippen molar-refractivity contribution >= 4 is 29.4 Å². The third-order valence-corrected chi connectivity index (χ3v) is 4.22. The molecular weight excluding hydrogens is 378 g/mol. The lowest BCUT2D eigenvalue weighted by Crippen LogP contribution is -2.09. The number of aliphatic carboxylic acids is 1. The van der Waals surface area contributed by atoms with Gasteiger partial charge in [-0.25, -0.2) is 4.79 Å². The summed E-state index contributed by atoms with van der Waals surface area (Å²) >= 11 is 5.86. The molecule has 1 heterocycles. The first kappa shape index (κ1) is 19.5. The summed E-state index contributed by atoms with van der Waals surface area (Å²) in [4.78, 5) is 23.1. The van der Waals surface area contributed by atoms with Gasteiger partial charge in [0.25, 0.3) is 0 Å². The van der Waals surface area contributed by atoms with E-state index in [4.69, 9.17) is 21.4 Å². The van der Waals surface area contributed by atoms with E-state index in [-0.39, 0.29) is 12.4 Å². The van der Waals surface area contributed by atoms with Crippen molar-refractivity contribution in [3.05, 3.63) is 94.8 Å². The molecular formula is C22H18ClNO4. The summed E-state index contributed by atoms with van der Waals surface area (Å²) in [6.45, 7) is 0.217. The van der Waals surface area contributed by atoms with Gasteiger partial charge in [0.05, 0.1) is 0 Å². The molecule has 28 heavy (non-hydrogen) atoms. The Morgan fingerprint density at radius 3 is 2.61 bits per heavy atom. The lowest BCUT2D eigenvalue weighted by atomic mass is 10.1. The number of carbonyl (C=O) groups excluding carboxylic acids is 1. The van der Waals surface area contributed by atoms with Gasteiger partial charge in [-0.1, -0.05) is 35.9 Å². The Labute approximate surface area is 167 Å². The number of ether oxygens (including phenoxy) is 1. The average molecular weight is 396 g/mol. The van der Waals surface area contributed by atoms with Gasteiger partial charge in [0.1, 0.15) is 5.75 Å². The van der Waals surface area contributed by atoms with Crippen LogP contribution in [0.4, 0.5) is 0 Å². The largest absolute Gasteiger partial charge is 0.482 e. The molecule has 0 aliphatic carbocycles. The molecule has 2 aromatic carbocycles. The highest BCUT2D eigenvalue weighted by molar-refractivity contribution is 6.30. The fourth-order valence-electron chi connectivity index (χ4n) is 2.62. The van der Waals surface area contributed by atoms with Gasteiger partial charge in [0, 0.05) is 35.1 Å². The first-order valence-electron chi connectivity index (χ1n) is 8.58. The lowest BCUT2D eigenvalue weighted by Gasteiger charge is -2.03. The first-order valence-corrected chi connectivity index (χ1v) is 8.96. The maximum atomic E-state index is 12.5. The smallest absolute Gasteiger partial charge is 0.341 e. The van der Waals surface area contributed by atoms with Crippen molar-refractivity contribution in [3.8, 4) is 5.75 Å². The summed E-state index contributed by atoms with van der Waals surface area (Å²) in [6.07, 6.45) is 7.51. The summed E-state index contributed by atoms with van der Waals surface area (Å²) in [7, 11) is 0. The molecule has 3 aromatic rings. The molecule has 0 saturated carbocycles. The van der Waals surface area contributed by atoms with Gasteiger partial charge in [0.2, 0.25) is 0 Å². The molecule has 0 spiro atoms. The number of rotatable bonds is 8. The Morgan fingerprint density at radius 2 is 1.86 bits per heavy atom. The van der Waals surface area contributed by atoms with Crippen LogP contribution in [-0.2, 0) is 11.3 Å². The van der Waals surface area contributed by atoms with Crippen LogP contribution in [0.5, 0.6) is 5.75 Å². The summed E-state index contributed by atoms with van der Waals surface area (Å²) in [5.41, 5.74) is 2.10. The molecule has 0 atom stereocenters. The molecule has 0 unspecified atom stereocenters. The van der Waals surface area contributed by atoms with Crippen LogP contribution in [0.25, 0.3) is 6.08 Å². The maximum Gasteiger partial charge on any atom is 0.341 e. The average Bonchev–Trinajstić information content (AvgIpc) is 3.16. The summed E-state index contributed by atoms with van der Waals surface area (Å²) in [6, 6.07) is 15.8. The number of hydrogen-bond donors (Lipinski definition) is 1. The highest BCUT2D eigenvalue weighted by Gasteiger charge is 2.10. The van der Waals surface area contributed by atoms with E-state index in [2.05, 4.69) is 0 Å². The molecule has 1 N–H and O–H groups in total. The molecule has 142 valence electrons. The number of nitrogens with zero attached hydrogens (tertiary/aromatic N) is 1. The van der Waals surface area contributed by atoms with E-state index in [1.165, 1.54) is 0 Å². The molecule has 0 aliphatic heterocycles. The lowest BCUT2D eigenvalue weighted by molar-refractivity contribution is -0.139. The fraction of sp³-hybridized carbons (Fsp3) is 0.0909. The van der Waals surface area contributed by atoms with Crippen molar-refractivity contribution in [2.24, 2.45) is 0 Å². The highest BCUT2D eigenvalue weighted by Crippen LogP contribution is 2.16. The number of halogens is 1. The Morgan fingerprint density at radius 1 is 1.07 bits per heavy atom. The Hall–Kier alpha value is -3.31. The van der Waals surface area contributed by atoms with Crippen molar-refractivity contribution in [3.63, 3.8) is 0 Å². The van der Waals surface area contributed by atoms with Gasteiger partial charge in [-0.15, -0.1) is 0 Å². The number of carboxylic acids is 1. The minimum Gasteiger partial charge on any atom is -0.482 e. The minimum absolute atomic E-state index is 0.0531. The van der Waals surface area contributed by atoms with Crippen molar-refractivity contribution in [2.75, 3.05) is 6.61 Å². The van der Waals surface area contributed by atoms with Crippen LogP contribution in [0.15, 0.2) is 73.1 Å². The van der Waals surface area contributed by atoms with E-state index in [9.17, 15) is 9.59 Å². The van der Waals surface area contributed by atoms with Crippen molar-refractivity contribution in [2.45, 2.75) is 6.54 Å². The molecule has 0 saturated heterocycles. The summed E-state index contributed by atoms with van der Waals surface area (Å²) < 4.78 is 7.07. The number of hydrogen-bond acceptors (Lipinski definition) is 3. The highest BCUT2D eigenvalue weighted by atomic mass is 35.5. The topological polar surface area (TPSA) is 68.5 Å². The maximum absolute atomic E-state index is 12.5. The fourth-order valence-corrected chi connectivity index (χ4v) is 2.75. The predicted octanol–water partition coefficient (Wildman–Crippen LogP) is 4.55. The SMILES string of the molecule is O=C(O)COc1cccc(/C=C/Cn2ccc(C(=O)c3ccc(Cl)cc3)c2)c1. The van der Waals surface area contributed by atoms with E-state index in [0.29, 0.717) is 28.4 Å². The quantitative estimate of drug-likeness (QED) is 0.568. The van der Waals surface area contributed by atoms with Gasteiger partial charge < -0.3 is 14.4 Å². The van der Waals surface area contributed by atoms with Gasteiger partial charge in [-0.2, -0.15) is 0 Å². The first-order chi connectivity index (χ1) is 13.5. The van der Waals surface area contributed by atoms with Gasteiger partial charge in [-0.3, -0.25) is 4.79 Å². The molecule has 5 nitrogen and oxygen atoms in total. The molecule has 0 radical (unpaired) electrons. The number of benzene rings is 2. The second kappa shape index (κ2) is 9.06. The van der Waals surface area contributed by atoms with Crippen LogP contribution in [0.1, 0.15) is 21.5 Å². The number of carboxylic acid groups (broad SMARTS) is 1. The van der Waals surface area contributed by atoms with Crippen LogP contribution in [0.2, 0.25) is 5.02 Å². The van der Waals surface area contributed by atoms with E-state index < -0.39 is 5.97 Å². The molecule has 0 fully saturated rings.